The van der Waals surface area contributed by atoms with E-state index in [0.29, 0.717) is 11.0 Å². The zero-order valence-electron chi connectivity index (χ0n) is 12.3. The molecule has 2 aromatic rings. The van der Waals surface area contributed by atoms with Crippen molar-refractivity contribution < 1.29 is 9.90 Å². The minimum atomic E-state index is -0.571. The number of rotatable bonds is 6. The summed E-state index contributed by atoms with van der Waals surface area (Å²) in [7, 11) is 0. The Morgan fingerprint density at radius 1 is 1.43 bits per heavy atom. The maximum Gasteiger partial charge on any atom is 0.326 e. The number of fused-ring (bicyclic) bond motifs is 1. The topological polar surface area (TPSA) is 87.1 Å². The third-order valence-corrected chi connectivity index (χ3v) is 3.79. The molecule has 2 unspecified atom stereocenters. The smallest absolute Gasteiger partial charge is 0.326 e. The van der Waals surface area contributed by atoms with Gasteiger partial charge >= 0.3 is 5.69 Å². The number of carbonyl (C=O) groups is 1. The summed E-state index contributed by atoms with van der Waals surface area (Å²) in [5.74, 6) is -0.162. The Kier molecular flexibility index (Phi) is 4.80. The number of para-hydroxylation sites is 2. The number of aliphatic hydroxyl groups excluding tert-OH is 1. The lowest BCUT2D eigenvalue weighted by molar-refractivity contribution is -0.122. The number of H-pyrrole nitrogens is 1. The average molecular weight is 291 g/mol. The molecule has 0 aliphatic rings. The van der Waals surface area contributed by atoms with Gasteiger partial charge in [0.1, 0.15) is 6.54 Å². The Morgan fingerprint density at radius 2 is 2.14 bits per heavy atom. The lowest BCUT2D eigenvalue weighted by atomic mass is 10.0. The highest BCUT2D eigenvalue weighted by molar-refractivity contribution is 5.80. The van der Waals surface area contributed by atoms with Crippen molar-refractivity contribution in [3.63, 3.8) is 0 Å². The van der Waals surface area contributed by atoms with E-state index in [1.807, 2.05) is 26.0 Å². The number of hydrogen-bond donors (Lipinski definition) is 3. The summed E-state index contributed by atoms with van der Waals surface area (Å²) in [5.41, 5.74) is 1.09. The largest absolute Gasteiger partial charge is 0.391 e. The highest BCUT2D eigenvalue weighted by atomic mass is 16.3. The third-order valence-electron chi connectivity index (χ3n) is 3.79. The number of imidazole rings is 1. The second-order valence-corrected chi connectivity index (χ2v) is 5.29. The van der Waals surface area contributed by atoms with E-state index in [1.54, 1.807) is 12.1 Å². The quantitative estimate of drug-likeness (QED) is 0.737. The molecule has 6 nitrogen and oxygen atoms in total. The molecule has 0 spiro atoms. The first-order valence-corrected chi connectivity index (χ1v) is 7.15. The Bertz CT molecular complexity index is 674. The molecule has 0 aliphatic carbocycles. The predicted octanol–water partition coefficient (Wildman–Crippen LogP) is 0.853. The summed E-state index contributed by atoms with van der Waals surface area (Å²) in [6.07, 6.45) is 0.275. The Hall–Kier alpha value is -2.08. The fraction of sp³-hybridized carbons (Fsp3) is 0.467. The fourth-order valence-corrected chi connectivity index (χ4v) is 2.15. The van der Waals surface area contributed by atoms with Crippen molar-refractivity contribution in [1.29, 1.82) is 0 Å². The number of hydrogen-bond acceptors (Lipinski definition) is 3. The van der Waals surface area contributed by atoms with Gasteiger partial charge in [0.25, 0.3) is 0 Å². The van der Waals surface area contributed by atoms with Gasteiger partial charge in [-0.05, 0) is 18.1 Å². The highest BCUT2D eigenvalue weighted by Crippen LogP contribution is 2.09. The molecule has 2 rings (SSSR count). The normalized spacial score (nSPS) is 14.0. The standard InChI is InChI=1S/C15H21N3O3/c1-3-10(2)13(19)8-16-14(20)9-18-12-7-5-4-6-11(12)17-15(18)21/h4-7,10,13,19H,3,8-9H2,1-2H3,(H,16,20)(H,17,21). The van der Waals surface area contributed by atoms with Gasteiger partial charge in [0.05, 0.1) is 17.1 Å². The average Bonchev–Trinajstić information content (AvgIpc) is 2.80. The van der Waals surface area contributed by atoms with E-state index in [2.05, 4.69) is 10.3 Å². The van der Waals surface area contributed by atoms with Gasteiger partial charge in [0.15, 0.2) is 0 Å². The van der Waals surface area contributed by atoms with Gasteiger partial charge < -0.3 is 15.4 Å². The van der Waals surface area contributed by atoms with E-state index in [1.165, 1.54) is 4.57 Å². The van der Waals surface area contributed by atoms with Crippen LogP contribution >= 0.6 is 0 Å². The number of aromatic amines is 1. The zero-order chi connectivity index (χ0) is 15.4. The Labute approximate surface area is 122 Å². The van der Waals surface area contributed by atoms with Crippen LogP contribution in [0.1, 0.15) is 20.3 Å². The molecule has 114 valence electrons. The Balaban J connectivity index is 2.02. The third kappa shape index (κ3) is 3.52. The van der Waals surface area contributed by atoms with Gasteiger partial charge in [0, 0.05) is 6.54 Å². The van der Waals surface area contributed by atoms with Crippen molar-refractivity contribution in [1.82, 2.24) is 14.9 Å². The van der Waals surface area contributed by atoms with Crippen LogP contribution in [0.25, 0.3) is 11.0 Å². The molecule has 0 saturated heterocycles. The number of aromatic nitrogens is 2. The van der Waals surface area contributed by atoms with E-state index >= 15 is 0 Å². The minimum absolute atomic E-state index is 0.0595. The molecular weight excluding hydrogens is 270 g/mol. The van der Waals surface area contributed by atoms with Gasteiger partial charge in [-0.15, -0.1) is 0 Å². The van der Waals surface area contributed by atoms with Crippen molar-refractivity contribution in [2.45, 2.75) is 32.9 Å². The first-order valence-electron chi connectivity index (χ1n) is 7.15. The number of aliphatic hydroxyl groups is 1. The van der Waals surface area contributed by atoms with E-state index in [9.17, 15) is 14.7 Å². The molecule has 21 heavy (non-hydrogen) atoms. The van der Waals surface area contributed by atoms with Crippen molar-refractivity contribution in [2.75, 3.05) is 6.54 Å². The predicted molar refractivity (Wildman–Crippen MR) is 81.0 cm³/mol. The highest BCUT2D eigenvalue weighted by Gasteiger charge is 2.14. The summed E-state index contributed by atoms with van der Waals surface area (Å²) in [4.78, 5) is 26.5. The molecule has 2 atom stereocenters. The molecule has 1 aromatic heterocycles. The van der Waals surface area contributed by atoms with Crippen LogP contribution in [0.3, 0.4) is 0 Å². The molecule has 0 fully saturated rings. The summed E-state index contributed by atoms with van der Waals surface area (Å²) in [5, 5.41) is 12.5. The number of amides is 1. The van der Waals surface area contributed by atoms with Gasteiger partial charge in [-0.25, -0.2) is 4.79 Å². The maximum atomic E-state index is 11.9. The van der Waals surface area contributed by atoms with E-state index in [4.69, 9.17) is 0 Å². The second kappa shape index (κ2) is 6.58. The van der Waals surface area contributed by atoms with Gasteiger partial charge in [-0.1, -0.05) is 32.4 Å². The first-order chi connectivity index (χ1) is 10.0. The van der Waals surface area contributed by atoms with E-state index in [0.717, 1.165) is 6.42 Å². The summed E-state index contributed by atoms with van der Waals surface area (Å²) >= 11 is 0. The van der Waals surface area contributed by atoms with Crippen molar-refractivity contribution >= 4 is 16.9 Å². The van der Waals surface area contributed by atoms with Gasteiger partial charge in [0.2, 0.25) is 5.91 Å². The Morgan fingerprint density at radius 3 is 2.86 bits per heavy atom. The molecule has 0 saturated carbocycles. The fourth-order valence-electron chi connectivity index (χ4n) is 2.15. The monoisotopic (exact) mass is 291 g/mol. The molecule has 1 heterocycles. The van der Waals surface area contributed by atoms with Crippen LogP contribution < -0.4 is 11.0 Å². The van der Waals surface area contributed by atoms with Crippen LogP contribution in [0.15, 0.2) is 29.1 Å². The number of carbonyl (C=O) groups excluding carboxylic acids is 1. The molecule has 1 amide bonds. The van der Waals surface area contributed by atoms with Crippen LogP contribution in [-0.4, -0.2) is 33.2 Å². The molecule has 3 N–H and O–H groups in total. The molecule has 0 bridgehead atoms. The minimum Gasteiger partial charge on any atom is -0.391 e. The second-order valence-electron chi connectivity index (χ2n) is 5.29. The van der Waals surface area contributed by atoms with E-state index in [-0.39, 0.29) is 30.6 Å². The van der Waals surface area contributed by atoms with Crippen molar-refractivity contribution in [2.24, 2.45) is 5.92 Å². The molecule has 0 radical (unpaired) electrons. The first kappa shape index (κ1) is 15.3. The van der Waals surface area contributed by atoms with Crippen molar-refractivity contribution in [3.05, 3.63) is 34.7 Å². The molecule has 1 aromatic carbocycles. The van der Waals surface area contributed by atoms with Crippen LogP contribution in [0.4, 0.5) is 0 Å². The van der Waals surface area contributed by atoms with Gasteiger partial charge in [-0.3, -0.25) is 9.36 Å². The lowest BCUT2D eigenvalue weighted by Crippen LogP contribution is -2.38. The van der Waals surface area contributed by atoms with Crippen LogP contribution in [-0.2, 0) is 11.3 Å². The molecular formula is C15H21N3O3. The SMILES string of the molecule is CCC(C)C(O)CNC(=O)Cn1c(=O)[nH]c2ccccc21. The summed E-state index contributed by atoms with van der Waals surface area (Å²) < 4.78 is 1.39. The molecule has 6 heteroatoms. The molecule has 0 aliphatic heterocycles. The maximum absolute atomic E-state index is 11.9. The number of benzene rings is 1. The van der Waals surface area contributed by atoms with E-state index < -0.39 is 6.10 Å². The summed E-state index contributed by atoms with van der Waals surface area (Å²) in [6.45, 7) is 4.06. The number of nitrogens with zero attached hydrogens (tertiary/aromatic N) is 1. The van der Waals surface area contributed by atoms with Crippen molar-refractivity contribution in [3.8, 4) is 0 Å². The lowest BCUT2D eigenvalue weighted by Gasteiger charge is -2.17. The van der Waals surface area contributed by atoms with Crippen LogP contribution in [0.2, 0.25) is 0 Å². The summed E-state index contributed by atoms with van der Waals surface area (Å²) in [6, 6.07) is 7.22. The van der Waals surface area contributed by atoms with Crippen LogP contribution in [0, 0.1) is 5.92 Å². The van der Waals surface area contributed by atoms with Crippen LogP contribution in [0.5, 0.6) is 0 Å². The van der Waals surface area contributed by atoms with Gasteiger partial charge in [-0.2, -0.15) is 0 Å². The number of nitrogens with one attached hydrogen (secondary N) is 2. The zero-order valence-corrected chi connectivity index (χ0v) is 12.3.